The van der Waals surface area contributed by atoms with Crippen LogP contribution in [0.15, 0.2) is 42.6 Å². The number of carboxylic acid groups (broad SMARTS) is 1. The van der Waals surface area contributed by atoms with E-state index in [0.29, 0.717) is 5.75 Å². The summed E-state index contributed by atoms with van der Waals surface area (Å²) >= 11 is 0. The molecular weight excluding hydrogens is 272 g/mol. The summed E-state index contributed by atoms with van der Waals surface area (Å²) in [7, 11) is 1.57. The number of aromatic carboxylic acids is 1. The molecule has 0 unspecified atom stereocenters. The Kier molecular flexibility index (Phi) is 4.50. The third kappa shape index (κ3) is 3.79. The number of anilines is 1. The number of methoxy groups -OCH3 is 1. The Morgan fingerprint density at radius 2 is 1.95 bits per heavy atom. The molecular formula is C15H14N2O4. The fraction of sp³-hybridized carbons (Fsp3) is 0.133. The molecule has 2 N–H and O–H groups in total. The van der Waals surface area contributed by atoms with Gasteiger partial charge in [-0.2, -0.15) is 0 Å². The number of aromatic nitrogens is 1. The van der Waals surface area contributed by atoms with Crippen molar-refractivity contribution in [3.8, 4) is 5.75 Å². The van der Waals surface area contributed by atoms with Crippen LogP contribution in [0.25, 0.3) is 0 Å². The van der Waals surface area contributed by atoms with E-state index in [2.05, 4.69) is 10.3 Å². The zero-order valence-corrected chi connectivity index (χ0v) is 11.4. The molecule has 108 valence electrons. The van der Waals surface area contributed by atoms with E-state index in [9.17, 15) is 9.59 Å². The van der Waals surface area contributed by atoms with E-state index >= 15 is 0 Å². The minimum absolute atomic E-state index is 0.137. The lowest BCUT2D eigenvalue weighted by Gasteiger charge is -2.08. The lowest BCUT2D eigenvalue weighted by atomic mass is 10.1. The highest BCUT2D eigenvalue weighted by Crippen LogP contribution is 2.14. The molecule has 2 aromatic rings. The number of rotatable bonds is 5. The van der Waals surface area contributed by atoms with Crippen molar-refractivity contribution in [2.45, 2.75) is 6.42 Å². The fourth-order valence-electron chi connectivity index (χ4n) is 1.80. The van der Waals surface area contributed by atoms with E-state index in [1.165, 1.54) is 12.3 Å². The van der Waals surface area contributed by atoms with Crippen LogP contribution in [0.3, 0.4) is 0 Å². The summed E-state index contributed by atoms with van der Waals surface area (Å²) in [6.45, 7) is 0. The summed E-state index contributed by atoms with van der Waals surface area (Å²) in [5.74, 6) is -0.786. The maximum Gasteiger partial charge on any atom is 0.356 e. The van der Waals surface area contributed by atoms with Crippen molar-refractivity contribution in [2.24, 2.45) is 0 Å². The van der Waals surface area contributed by atoms with Gasteiger partial charge in [-0.25, -0.2) is 9.78 Å². The first kappa shape index (κ1) is 14.5. The van der Waals surface area contributed by atoms with Crippen molar-refractivity contribution in [3.05, 3.63) is 53.9 Å². The van der Waals surface area contributed by atoms with E-state index in [0.717, 1.165) is 5.56 Å². The molecule has 0 saturated heterocycles. The molecule has 2 rings (SSSR count). The van der Waals surface area contributed by atoms with Gasteiger partial charge in [-0.3, -0.25) is 4.79 Å². The highest BCUT2D eigenvalue weighted by Gasteiger charge is 2.13. The van der Waals surface area contributed by atoms with Crippen molar-refractivity contribution in [1.82, 2.24) is 4.98 Å². The van der Waals surface area contributed by atoms with Crippen LogP contribution in [-0.2, 0) is 11.2 Å². The van der Waals surface area contributed by atoms with Gasteiger partial charge in [0.15, 0.2) is 5.69 Å². The van der Waals surface area contributed by atoms with Crippen LogP contribution in [-0.4, -0.2) is 29.1 Å². The normalized spacial score (nSPS) is 9.95. The summed E-state index contributed by atoms with van der Waals surface area (Å²) in [6, 6.07) is 10.1. The van der Waals surface area contributed by atoms with Gasteiger partial charge in [-0.15, -0.1) is 0 Å². The van der Waals surface area contributed by atoms with Gasteiger partial charge in [0.25, 0.3) is 0 Å². The van der Waals surface area contributed by atoms with Gasteiger partial charge in [0.1, 0.15) is 5.75 Å². The smallest absolute Gasteiger partial charge is 0.356 e. The number of amides is 1. The Morgan fingerprint density at radius 3 is 2.57 bits per heavy atom. The second-order valence-electron chi connectivity index (χ2n) is 4.28. The Morgan fingerprint density at radius 1 is 1.24 bits per heavy atom. The topological polar surface area (TPSA) is 88.5 Å². The molecule has 0 aliphatic heterocycles. The largest absolute Gasteiger partial charge is 0.497 e. The van der Waals surface area contributed by atoms with Crippen LogP contribution < -0.4 is 10.1 Å². The first-order valence-electron chi connectivity index (χ1n) is 6.21. The van der Waals surface area contributed by atoms with E-state index in [-0.39, 0.29) is 23.7 Å². The molecule has 6 heteroatoms. The number of hydrogen-bond acceptors (Lipinski definition) is 4. The molecule has 0 bridgehead atoms. The first-order chi connectivity index (χ1) is 10.1. The van der Waals surface area contributed by atoms with Gasteiger partial charge >= 0.3 is 5.97 Å². The van der Waals surface area contributed by atoms with Gasteiger partial charge in [0.05, 0.1) is 19.2 Å². The van der Waals surface area contributed by atoms with Gasteiger partial charge in [-0.1, -0.05) is 12.1 Å². The lowest BCUT2D eigenvalue weighted by molar-refractivity contribution is -0.115. The summed E-state index contributed by atoms with van der Waals surface area (Å²) in [5, 5.41) is 11.6. The van der Waals surface area contributed by atoms with Gasteiger partial charge < -0.3 is 15.2 Å². The summed E-state index contributed by atoms with van der Waals surface area (Å²) in [6.07, 6.45) is 1.50. The quantitative estimate of drug-likeness (QED) is 0.877. The van der Waals surface area contributed by atoms with Crippen LogP contribution in [0.4, 0.5) is 5.69 Å². The average Bonchev–Trinajstić information content (AvgIpc) is 2.48. The zero-order chi connectivity index (χ0) is 15.2. The van der Waals surface area contributed by atoms with Crippen molar-refractivity contribution in [1.29, 1.82) is 0 Å². The second-order valence-corrected chi connectivity index (χ2v) is 4.28. The minimum atomic E-state index is -1.18. The molecule has 1 heterocycles. The van der Waals surface area contributed by atoms with Crippen LogP contribution in [0, 0.1) is 0 Å². The van der Waals surface area contributed by atoms with Crippen LogP contribution in [0.1, 0.15) is 16.1 Å². The van der Waals surface area contributed by atoms with Gasteiger partial charge in [0, 0.05) is 6.20 Å². The average molecular weight is 286 g/mol. The number of ether oxygens (including phenoxy) is 1. The summed E-state index contributed by atoms with van der Waals surface area (Å²) in [5.41, 5.74) is 0.804. The maximum absolute atomic E-state index is 11.9. The van der Waals surface area contributed by atoms with E-state index in [1.807, 2.05) is 0 Å². The number of pyridine rings is 1. The number of nitrogens with zero attached hydrogens (tertiary/aromatic N) is 1. The number of carboxylic acids is 1. The van der Waals surface area contributed by atoms with Crippen LogP contribution >= 0.6 is 0 Å². The molecule has 0 fully saturated rings. The fourth-order valence-corrected chi connectivity index (χ4v) is 1.80. The molecule has 1 aromatic heterocycles. The highest BCUT2D eigenvalue weighted by atomic mass is 16.5. The van der Waals surface area contributed by atoms with Crippen molar-refractivity contribution < 1.29 is 19.4 Å². The predicted octanol–water partition coefficient (Wildman–Crippen LogP) is 1.97. The lowest BCUT2D eigenvalue weighted by Crippen LogP contribution is -2.17. The minimum Gasteiger partial charge on any atom is -0.497 e. The standard InChI is InChI=1S/C15H14N2O4/c1-21-11-6-4-10(5-7-11)9-13(18)17-12-3-2-8-16-14(12)15(19)20/h2-8H,9H2,1H3,(H,17,18)(H,19,20). The van der Waals surface area contributed by atoms with Crippen molar-refractivity contribution >= 4 is 17.6 Å². The number of benzene rings is 1. The highest BCUT2D eigenvalue weighted by molar-refractivity contribution is 5.99. The van der Waals surface area contributed by atoms with E-state index < -0.39 is 5.97 Å². The number of carbonyl (C=O) groups is 2. The number of hydrogen-bond donors (Lipinski definition) is 2. The van der Waals surface area contributed by atoms with Crippen LogP contribution in [0.2, 0.25) is 0 Å². The molecule has 0 saturated carbocycles. The summed E-state index contributed by atoms with van der Waals surface area (Å²) < 4.78 is 5.04. The predicted molar refractivity (Wildman–Crippen MR) is 76.5 cm³/mol. The molecule has 0 atom stereocenters. The number of nitrogens with one attached hydrogen (secondary N) is 1. The number of carbonyl (C=O) groups excluding carboxylic acids is 1. The molecule has 1 amide bonds. The van der Waals surface area contributed by atoms with Gasteiger partial charge in [-0.05, 0) is 29.8 Å². The monoisotopic (exact) mass is 286 g/mol. The molecule has 1 aromatic carbocycles. The molecule has 0 aliphatic carbocycles. The molecule has 6 nitrogen and oxygen atoms in total. The van der Waals surface area contributed by atoms with E-state index in [4.69, 9.17) is 9.84 Å². The molecule has 0 aliphatic rings. The zero-order valence-electron chi connectivity index (χ0n) is 11.4. The Bertz CT molecular complexity index is 653. The van der Waals surface area contributed by atoms with E-state index in [1.54, 1.807) is 37.4 Å². The first-order valence-corrected chi connectivity index (χ1v) is 6.21. The van der Waals surface area contributed by atoms with Crippen LogP contribution in [0.5, 0.6) is 5.75 Å². The Labute approximate surface area is 121 Å². The maximum atomic E-state index is 11.9. The summed E-state index contributed by atoms with van der Waals surface area (Å²) in [4.78, 5) is 26.7. The third-order valence-corrected chi connectivity index (χ3v) is 2.81. The molecule has 21 heavy (non-hydrogen) atoms. The van der Waals surface area contributed by atoms with Crippen molar-refractivity contribution in [3.63, 3.8) is 0 Å². The molecule has 0 spiro atoms. The van der Waals surface area contributed by atoms with Crippen molar-refractivity contribution in [2.75, 3.05) is 12.4 Å². The molecule has 0 radical (unpaired) electrons. The Hall–Kier alpha value is -2.89. The SMILES string of the molecule is COc1ccc(CC(=O)Nc2cccnc2C(=O)O)cc1. The van der Waals surface area contributed by atoms with Gasteiger partial charge in [0.2, 0.25) is 5.91 Å². The Balaban J connectivity index is 2.06. The third-order valence-electron chi connectivity index (χ3n) is 2.81. The second kappa shape index (κ2) is 6.51.